The maximum absolute atomic E-state index is 12.9. The van der Waals surface area contributed by atoms with Crippen LogP contribution in [0.5, 0.6) is 5.75 Å². The highest BCUT2D eigenvalue weighted by Gasteiger charge is 2.02. The zero-order valence-electron chi connectivity index (χ0n) is 13.8. The number of halogens is 1. The van der Waals surface area contributed by atoms with Crippen molar-refractivity contribution < 1.29 is 9.13 Å². The van der Waals surface area contributed by atoms with Crippen molar-refractivity contribution in [3.05, 3.63) is 86.3 Å². The van der Waals surface area contributed by atoms with Crippen molar-refractivity contribution in [2.24, 2.45) is 5.10 Å². The van der Waals surface area contributed by atoms with Crippen LogP contribution in [0.3, 0.4) is 0 Å². The summed E-state index contributed by atoms with van der Waals surface area (Å²) in [7, 11) is 0. The van der Waals surface area contributed by atoms with Gasteiger partial charge in [0.15, 0.2) is 0 Å². The van der Waals surface area contributed by atoms with Gasteiger partial charge in [-0.3, -0.25) is 9.89 Å². The molecule has 0 aliphatic heterocycles. The van der Waals surface area contributed by atoms with Crippen molar-refractivity contribution in [2.45, 2.75) is 13.5 Å². The van der Waals surface area contributed by atoms with Gasteiger partial charge in [-0.25, -0.2) is 4.39 Å². The summed E-state index contributed by atoms with van der Waals surface area (Å²) in [5, 5.41) is 10.5. The van der Waals surface area contributed by atoms with E-state index in [1.807, 2.05) is 12.1 Å². The highest BCUT2D eigenvalue weighted by molar-refractivity contribution is 7.71. The van der Waals surface area contributed by atoms with Gasteiger partial charge >= 0.3 is 0 Å². The van der Waals surface area contributed by atoms with E-state index in [-0.39, 0.29) is 21.8 Å². The van der Waals surface area contributed by atoms with Gasteiger partial charge < -0.3 is 4.74 Å². The van der Waals surface area contributed by atoms with Crippen molar-refractivity contribution in [3.8, 4) is 5.75 Å². The monoisotopic (exact) mass is 370 g/mol. The lowest BCUT2D eigenvalue weighted by molar-refractivity contribution is 0.306. The Kier molecular flexibility index (Phi) is 5.33. The summed E-state index contributed by atoms with van der Waals surface area (Å²) in [6.07, 6.45) is 1.51. The van der Waals surface area contributed by atoms with Crippen LogP contribution in [0.25, 0.3) is 0 Å². The minimum atomic E-state index is -0.381. The fourth-order valence-corrected chi connectivity index (χ4v) is 2.31. The van der Waals surface area contributed by atoms with Crippen LogP contribution in [0.4, 0.5) is 4.39 Å². The summed E-state index contributed by atoms with van der Waals surface area (Å²) in [4.78, 5) is 12.0. The summed E-state index contributed by atoms with van der Waals surface area (Å²) in [6.45, 7) is 1.89. The van der Waals surface area contributed by atoms with Crippen LogP contribution in [0.2, 0.25) is 0 Å². The molecule has 0 saturated carbocycles. The van der Waals surface area contributed by atoms with Gasteiger partial charge in [0.25, 0.3) is 5.56 Å². The smallest absolute Gasteiger partial charge is 0.296 e. The molecule has 0 amide bonds. The second kappa shape index (κ2) is 7.83. The Morgan fingerprint density at radius 3 is 2.85 bits per heavy atom. The minimum Gasteiger partial charge on any atom is -0.489 e. The number of hydrogen-bond acceptors (Lipinski definition) is 5. The average molecular weight is 370 g/mol. The predicted octanol–water partition coefficient (Wildman–Crippen LogP) is 3.21. The highest BCUT2D eigenvalue weighted by atomic mass is 32.1. The Hall–Kier alpha value is -3.13. The average Bonchev–Trinajstić information content (AvgIpc) is 2.65. The third kappa shape index (κ3) is 4.28. The number of aromatic amines is 1. The quantitative estimate of drug-likeness (QED) is 0.553. The summed E-state index contributed by atoms with van der Waals surface area (Å²) in [5.41, 5.74) is 1.48. The minimum absolute atomic E-state index is 0.112. The maximum Gasteiger partial charge on any atom is 0.296 e. The molecule has 0 atom stereocenters. The molecule has 2 aromatic carbocycles. The fraction of sp³-hybridized carbons (Fsp3) is 0.111. The van der Waals surface area contributed by atoms with Crippen LogP contribution in [0.15, 0.2) is 58.4 Å². The van der Waals surface area contributed by atoms with Crippen molar-refractivity contribution in [1.82, 2.24) is 14.9 Å². The van der Waals surface area contributed by atoms with Gasteiger partial charge in [0.1, 0.15) is 23.9 Å². The van der Waals surface area contributed by atoms with Gasteiger partial charge in [-0.15, -0.1) is 0 Å². The molecule has 0 unspecified atom stereocenters. The maximum atomic E-state index is 12.9. The molecule has 0 aliphatic carbocycles. The second-order valence-corrected chi connectivity index (χ2v) is 5.85. The Balaban J connectivity index is 1.75. The van der Waals surface area contributed by atoms with Gasteiger partial charge in [-0.2, -0.15) is 14.9 Å². The number of aryl methyl sites for hydroxylation is 1. The van der Waals surface area contributed by atoms with E-state index in [2.05, 4.69) is 15.3 Å². The first-order chi connectivity index (χ1) is 12.5. The predicted molar refractivity (Wildman–Crippen MR) is 98.6 cm³/mol. The first-order valence-electron chi connectivity index (χ1n) is 7.73. The van der Waals surface area contributed by atoms with E-state index in [1.165, 1.54) is 18.3 Å². The normalized spacial score (nSPS) is 11.0. The standard InChI is InChI=1S/C18H15FN4O2S/c1-12-17(24)23(18(26)22-21-12)20-10-14-3-2-4-16(9-14)25-11-13-5-7-15(19)8-6-13/h2-10H,11H2,1H3,(H,22,26)/b20-10+. The van der Waals surface area contributed by atoms with Gasteiger partial charge in [-0.05, 0) is 54.5 Å². The number of nitrogens with one attached hydrogen (secondary N) is 1. The van der Waals surface area contributed by atoms with Crippen LogP contribution in [0.1, 0.15) is 16.8 Å². The number of rotatable bonds is 5. The van der Waals surface area contributed by atoms with Crippen LogP contribution in [0, 0.1) is 17.5 Å². The zero-order chi connectivity index (χ0) is 18.5. The molecule has 3 aromatic rings. The Labute approximate surface area is 153 Å². The zero-order valence-corrected chi connectivity index (χ0v) is 14.7. The summed E-state index contributed by atoms with van der Waals surface area (Å²) < 4.78 is 19.8. The van der Waals surface area contributed by atoms with Gasteiger partial charge in [0, 0.05) is 0 Å². The van der Waals surface area contributed by atoms with E-state index in [4.69, 9.17) is 17.0 Å². The van der Waals surface area contributed by atoms with Gasteiger partial charge in [-0.1, -0.05) is 24.3 Å². The Bertz CT molecular complexity index is 1060. The summed E-state index contributed by atoms with van der Waals surface area (Å²) >= 11 is 5.02. The molecule has 0 bridgehead atoms. The molecule has 0 saturated heterocycles. The molecule has 1 heterocycles. The number of ether oxygens (including phenoxy) is 1. The molecule has 0 aliphatic rings. The van der Waals surface area contributed by atoms with Crippen LogP contribution < -0.4 is 10.3 Å². The van der Waals surface area contributed by atoms with Crippen molar-refractivity contribution in [3.63, 3.8) is 0 Å². The molecule has 3 rings (SSSR count). The van der Waals surface area contributed by atoms with Crippen LogP contribution >= 0.6 is 12.2 Å². The molecule has 0 spiro atoms. The van der Waals surface area contributed by atoms with E-state index < -0.39 is 0 Å². The lowest BCUT2D eigenvalue weighted by Crippen LogP contribution is -2.22. The van der Waals surface area contributed by atoms with Crippen molar-refractivity contribution in [1.29, 1.82) is 0 Å². The largest absolute Gasteiger partial charge is 0.489 e. The topological polar surface area (TPSA) is 72.3 Å². The third-order valence-corrected chi connectivity index (χ3v) is 3.78. The molecule has 0 fully saturated rings. The lowest BCUT2D eigenvalue weighted by atomic mass is 10.2. The molecule has 0 radical (unpaired) electrons. The number of H-pyrrole nitrogens is 1. The van der Waals surface area contributed by atoms with Gasteiger partial charge in [0.2, 0.25) is 4.77 Å². The Morgan fingerprint density at radius 2 is 2.08 bits per heavy atom. The van der Waals surface area contributed by atoms with E-state index in [0.29, 0.717) is 12.4 Å². The second-order valence-electron chi connectivity index (χ2n) is 5.46. The Morgan fingerprint density at radius 1 is 1.31 bits per heavy atom. The van der Waals surface area contributed by atoms with Gasteiger partial charge in [0.05, 0.1) is 6.21 Å². The summed E-state index contributed by atoms with van der Waals surface area (Å²) in [5.74, 6) is 0.341. The molecule has 8 heteroatoms. The molecule has 1 aromatic heterocycles. The molecule has 1 N–H and O–H groups in total. The SMILES string of the molecule is Cc1n[nH]c(=S)n(/N=C/c2cccc(OCc3ccc(F)cc3)c2)c1=O. The molecule has 6 nitrogen and oxygen atoms in total. The van der Waals surface area contributed by atoms with E-state index in [9.17, 15) is 9.18 Å². The van der Waals surface area contributed by atoms with Crippen LogP contribution in [-0.2, 0) is 6.61 Å². The summed E-state index contributed by atoms with van der Waals surface area (Å²) in [6, 6.07) is 13.3. The first kappa shape index (κ1) is 17.7. The van der Waals surface area contributed by atoms with E-state index >= 15 is 0 Å². The number of hydrogen-bond donors (Lipinski definition) is 1. The molecular formula is C18H15FN4O2S. The first-order valence-corrected chi connectivity index (χ1v) is 8.14. The van der Waals surface area contributed by atoms with Crippen molar-refractivity contribution >= 4 is 18.4 Å². The highest BCUT2D eigenvalue weighted by Crippen LogP contribution is 2.14. The molecule has 26 heavy (non-hydrogen) atoms. The van der Waals surface area contributed by atoms with Crippen molar-refractivity contribution in [2.75, 3.05) is 0 Å². The van der Waals surface area contributed by atoms with E-state index in [0.717, 1.165) is 15.8 Å². The lowest BCUT2D eigenvalue weighted by Gasteiger charge is -2.07. The number of nitrogens with zero attached hydrogens (tertiary/aromatic N) is 3. The molecule has 132 valence electrons. The van der Waals surface area contributed by atoms with Crippen LogP contribution in [-0.4, -0.2) is 21.1 Å². The number of aromatic nitrogens is 3. The fourth-order valence-electron chi connectivity index (χ4n) is 2.13. The molecular weight excluding hydrogens is 355 g/mol. The van der Waals surface area contributed by atoms with E-state index in [1.54, 1.807) is 31.2 Å². The number of benzene rings is 2. The third-order valence-electron chi connectivity index (χ3n) is 3.51.